The molecule has 0 saturated carbocycles. The van der Waals surface area contributed by atoms with Gasteiger partial charge in [0.05, 0.1) is 18.3 Å². The SMILES string of the molecule is CN(C)c1nc(CN2CCCC2c2nc3c([nH]2)CCCC3)ns1. The van der Waals surface area contributed by atoms with Gasteiger partial charge >= 0.3 is 0 Å². The molecular formula is C16H24N6S. The van der Waals surface area contributed by atoms with E-state index in [0.717, 1.165) is 42.7 Å². The van der Waals surface area contributed by atoms with Crippen LogP contribution in [0.1, 0.15) is 54.8 Å². The number of fused-ring (bicyclic) bond motifs is 1. The van der Waals surface area contributed by atoms with Gasteiger partial charge in [-0.2, -0.15) is 4.37 Å². The Bertz CT molecular complexity index is 652. The molecule has 0 spiro atoms. The number of rotatable bonds is 4. The zero-order valence-electron chi connectivity index (χ0n) is 13.9. The molecule has 1 fully saturated rings. The van der Waals surface area contributed by atoms with Crippen molar-refractivity contribution in [3.63, 3.8) is 0 Å². The maximum absolute atomic E-state index is 4.91. The summed E-state index contributed by atoms with van der Waals surface area (Å²) < 4.78 is 4.51. The molecule has 124 valence electrons. The maximum Gasteiger partial charge on any atom is 0.204 e. The van der Waals surface area contributed by atoms with Crippen molar-refractivity contribution >= 4 is 16.7 Å². The summed E-state index contributed by atoms with van der Waals surface area (Å²) in [5.41, 5.74) is 2.68. The lowest BCUT2D eigenvalue weighted by atomic mass is 10.0. The fourth-order valence-electron chi connectivity index (χ4n) is 3.63. The molecule has 1 aliphatic carbocycles. The number of nitrogens with one attached hydrogen (secondary N) is 1. The molecule has 2 aromatic heterocycles. The van der Waals surface area contributed by atoms with E-state index in [1.807, 2.05) is 19.0 Å². The number of H-pyrrole nitrogens is 1. The van der Waals surface area contributed by atoms with Crippen LogP contribution in [0.25, 0.3) is 0 Å². The summed E-state index contributed by atoms with van der Waals surface area (Å²) >= 11 is 1.47. The van der Waals surface area contributed by atoms with Crippen LogP contribution >= 0.6 is 11.5 Å². The van der Waals surface area contributed by atoms with Gasteiger partial charge in [0.25, 0.3) is 0 Å². The summed E-state index contributed by atoms with van der Waals surface area (Å²) in [5.74, 6) is 2.10. The van der Waals surface area contributed by atoms with Crippen molar-refractivity contribution in [3.8, 4) is 0 Å². The van der Waals surface area contributed by atoms with Gasteiger partial charge in [0.1, 0.15) is 5.82 Å². The van der Waals surface area contributed by atoms with E-state index in [4.69, 9.17) is 4.98 Å². The van der Waals surface area contributed by atoms with Gasteiger partial charge in [0.2, 0.25) is 5.13 Å². The van der Waals surface area contributed by atoms with E-state index in [1.54, 1.807) is 0 Å². The van der Waals surface area contributed by atoms with Gasteiger partial charge in [0, 0.05) is 31.3 Å². The van der Waals surface area contributed by atoms with Crippen molar-refractivity contribution in [3.05, 3.63) is 23.0 Å². The standard InChI is InChI=1S/C16H24N6S/c1-21(2)16-19-14(20-23-16)10-22-9-5-8-13(22)15-17-11-6-3-4-7-12(11)18-15/h13H,3-10H2,1-2H3,(H,17,18). The Hall–Kier alpha value is -1.47. The molecule has 1 aliphatic heterocycles. The van der Waals surface area contributed by atoms with Crippen LogP contribution in [0.15, 0.2) is 0 Å². The van der Waals surface area contributed by atoms with Gasteiger partial charge in [-0.1, -0.05) is 0 Å². The Balaban J connectivity index is 1.50. The number of aromatic nitrogens is 4. The summed E-state index contributed by atoms with van der Waals surface area (Å²) in [4.78, 5) is 17.7. The fourth-order valence-corrected chi connectivity index (χ4v) is 4.23. The lowest BCUT2D eigenvalue weighted by Crippen LogP contribution is -2.24. The van der Waals surface area contributed by atoms with Crippen LogP contribution in [0.4, 0.5) is 5.13 Å². The van der Waals surface area contributed by atoms with Crippen LogP contribution in [0.3, 0.4) is 0 Å². The number of nitrogens with zero attached hydrogens (tertiary/aromatic N) is 5. The number of imidazole rings is 1. The Labute approximate surface area is 141 Å². The zero-order valence-corrected chi connectivity index (χ0v) is 14.7. The summed E-state index contributed by atoms with van der Waals surface area (Å²) in [6, 6.07) is 0.395. The van der Waals surface area contributed by atoms with Crippen LogP contribution in [0, 0.1) is 0 Å². The molecule has 2 aromatic rings. The second-order valence-electron chi connectivity index (χ2n) is 6.77. The van der Waals surface area contributed by atoms with Crippen molar-refractivity contribution < 1.29 is 0 Å². The molecule has 1 N–H and O–H groups in total. The van der Waals surface area contributed by atoms with E-state index in [-0.39, 0.29) is 0 Å². The average molecular weight is 332 g/mol. The fraction of sp³-hybridized carbons (Fsp3) is 0.688. The van der Waals surface area contributed by atoms with Gasteiger partial charge in [-0.05, 0) is 45.1 Å². The van der Waals surface area contributed by atoms with Crippen molar-refractivity contribution in [1.29, 1.82) is 0 Å². The zero-order chi connectivity index (χ0) is 15.8. The summed E-state index contributed by atoms with van der Waals surface area (Å²) in [7, 11) is 4.02. The van der Waals surface area contributed by atoms with E-state index in [0.29, 0.717) is 6.04 Å². The van der Waals surface area contributed by atoms with Crippen molar-refractivity contribution in [2.24, 2.45) is 0 Å². The molecule has 1 atom stereocenters. The van der Waals surface area contributed by atoms with Crippen LogP contribution in [0.5, 0.6) is 0 Å². The number of aromatic amines is 1. The van der Waals surface area contributed by atoms with Gasteiger partial charge in [-0.25, -0.2) is 9.97 Å². The van der Waals surface area contributed by atoms with Crippen LogP contribution in [-0.2, 0) is 19.4 Å². The highest BCUT2D eigenvalue weighted by molar-refractivity contribution is 7.09. The highest BCUT2D eigenvalue weighted by Crippen LogP contribution is 2.33. The van der Waals surface area contributed by atoms with Crippen LogP contribution < -0.4 is 4.90 Å². The molecule has 6 nitrogen and oxygen atoms in total. The first kappa shape index (κ1) is 15.1. The highest BCUT2D eigenvalue weighted by atomic mass is 32.1. The topological polar surface area (TPSA) is 60.9 Å². The number of anilines is 1. The van der Waals surface area contributed by atoms with E-state index in [1.165, 1.54) is 48.6 Å². The molecule has 7 heteroatoms. The lowest BCUT2D eigenvalue weighted by Gasteiger charge is -2.21. The Morgan fingerprint density at radius 3 is 2.87 bits per heavy atom. The highest BCUT2D eigenvalue weighted by Gasteiger charge is 2.30. The van der Waals surface area contributed by atoms with Gasteiger partial charge in [-0.3, -0.25) is 4.90 Å². The van der Waals surface area contributed by atoms with E-state index in [2.05, 4.69) is 19.2 Å². The monoisotopic (exact) mass is 332 g/mol. The molecule has 23 heavy (non-hydrogen) atoms. The minimum Gasteiger partial charge on any atom is -0.353 e. The summed E-state index contributed by atoms with van der Waals surface area (Å²) in [5, 5.41) is 0.976. The molecule has 0 bridgehead atoms. The average Bonchev–Trinajstić information content (AvgIpc) is 3.25. The minimum atomic E-state index is 0.395. The molecule has 1 saturated heterocycles. The Kier molecular flexibility index (Phi) is 4.07. The van der Waals surface area contributed by atoms with Crippen molar-refractivity contribution in [2.45, 2.75) is 51.1 Å². The predicted molar refractivity (Wildman–Crippen MR) is 91.9 cm³/mol. The number of likely N-dealkylation sites (tertiary alicyclic amines) is 1. The smallest absolute Gasteiger partial charge is 0.204 e. The Morgan fingerprint density at radius 2 is 2.09 bits per heavy atom. The number of hydrogen-bond acceptors (Lipinski definition) is 6. The normalized spacial score (nSPS) is 21.6. The van der Waals surface area contributed by atoms with Gasteiger partial charge < -0.3 is 9.88 Å². The second kappa shape index (κ2) is 6.20. The van der Waals surface area contributed by atoms with Gasteiger partial charge in [0.15, 0.2) is 5.82 Å². The largest absolute Gasteiger partial charge is 0.353 e. The third kappa shape index (κ3) is 2.99. The molecule has 0 aromatic carbocycles. The maximum atomic E-state index is 4.91. The third-order valence-electron chi connectivity index (χ3n) is 4.84. The molecule has 4 rings (SSSR count). The number of hydrogen-bond donors (Lipinski definition) is 1. The summed E-state index contributed by atoms with van der Waals surface area (Å²) in [6.45, 7) is 1.92. The minimum absolute atomic E-state index is 0.395. The second-order valence-corrected chi connectivity index (χ2v) is 7.50. The molecule has 1 unspecified atom stereocenters. The molecule has 2 aliphatic rings. The molecule has 0 amide bonds. The van der Waals surface area contributed by atoms with E-state index in [9.17, 15) is 0 Å². The third-order valence-corrected chi connectivity index (χ3v) is 5.76. The van der Waals surface area contributed by atoms with Crippen molar-refractivity contribution in [1.82, 2.24) is 24.2 Å². The van der Waals surface area contributed by atoms with E-state index < -0.39 is 0 Å². The first-order valence-electron chi connectivity index (χ1n) is 8.52. The molecule has 0 radical (unpaired) electrons. The first-order valence-corrected chi connectivity index (χ1v) is 9.29. The lowest BCUT2D eigenvalue weighted by molar-refractivity contribution is 0.235. The van der Waals surface area contributed by atoms with Crippen LogP contribution in [-0.4, -0.2) is 44.9 Å². The van der Waals surface area contributed by atoms with Crippen LogP contribution in [0.2, 0.25) is 0 Å². The Morgan fingerprint density at radius 1 is 1.22 bits per heavy atom. The first-order chi connectivity index (χ1) is 11.2. The molecular weight excluding hydrogens is 308 g/mol. The quantitative estimate of drug-likeness (QED) is 0.932. The van der Waals surface area contributed by atoms with Crippen molar-refractivity contribution in [2.75, 3.05) is 25.5 Å². The summed E-state index contributed by atoms with van der Waals surface area (Å²) in [6.07, 6.45) is 7.27. The predicted octanol–water partition coefficient (Wildman–Crippen LogP) is 2.54. The molecule has 3 heterocycles. The van der Waals surface area contributed by atoms with E-state index >= 15 is 0 Å². The number of aryl methyl sites for hydroxylation is 2. The van der Waals surface area contributed by atoms with Gasteiger partial charge in [-0.15, -0.1) is 0 Å².